The van der Waals surface area contributed by atoms with E-state index < -0.39 is 17.6 Å². The van der Waals surface area contributed by atoms with Gasteiger partial charge in [0.1, 0.15) is 6.61 Å². The zero-order valence-electron chi connectivity index (χ0n) is 13.7. The van der Waals surface area contributed by atoms with E-state index in [2.05, 4.69) is 11.2 Å². The highest BCUT2D eigenvalue weighted by atomic mass is 16.5. The van der Waals surface area contributed by atoms with Crippen molar-refractivity contribution in [1.82, 2.24) is 5.32 Å². The molecule has 0 heterocycles. The number of carbonyl (C=O) groups is 2. The van der Waals surface area contributed by atoms with Gasteiger partial charge in [0.05, 0.1) is 0 Å². The maximum atomic E-state index is 12.0. The van der Waals surface area contributed by atoms with Crippen LogP contribution in [-0.4, -0.2) is 29.3 Å². The number of terminal acetylenes is 1. The molecule has 0 saturated carbocycles. The van der Waals surface area contributed by atoms with E-state index in [0.717, 1.165) is 22.3 Å². The third-order valence-corrected chi connectivity index (χ3v) is 4.41. The molecule has 0 aromatic heterocycles. The first-order chi connectivity index (χ1) is 12.0. The molecule has 3 rings (SSSR count). The summed E-state index contributed by atoms with van der Waals surface area (Å²) >= 11 is 0. The molecule has 25 heavy (non-hydrogen) atoms. The van der Waals surface area contributed by atoms with Gasteiger partial charge in [0, 0.05) is 5.92 Å². The fraction of sp³-hybridized carbons (Fsp3) is 0.200. The van der Waals surface area contributed by atoms with Crippen LogP contribution in [-0.2, 0) is 9.53 Å². The summed E-state index contributed by atoms with van der Waals surface area (Å²) in [4.78, 5) is 23.2. The second-order valence-electron chi connectivity index (χ2n) is 6.03. The van der Waals surface area contributed by atoms with Gasteiger partial charge in [-0.15, -0.1) is 6.42 Å². The molecule has 2 N–H and O–H groups in total. The number of aliphatic carboxylic acids is 1. The molecule has 1 aliphatic rings. The van der Waals surface area contributed by atoms with Crippen molar-refractivity contribution in [2.45, 2.75) is 18.4 Å². The molecule has 1 atom stereocenters. The van der Waals surface area contributed by atoms with Crippen LogP contribution in [0.3, 0.4) is 0 Å². The minimum absolute atomic E-state index is 0.0972. The zero-order chi connectivity index (χ0) is 18.0. The van der Waals surface area contributed by atoms with Crippen molar-refractivity contribution in [3.8, 4) is 23.5 Å². The third kappa shape index (κ3) is 2.94. The smallest absolute Gasteiger partial charge is 0.408 e. The van der Waals surface area contributed by atoms with Crippen LogP contribution in [0.5, 0.6) is 0 Å². The first kappa shape index (κ1) is 16.6. The van der Waals surface area contributed by atoms with E-state index in [9.17, 15) is 9.59 Å². The lowest BCUT2D eigenvalue weighted by Crippen LogP contribution is -2.51. The van der Waals surface area contributed by atoms with Crippen molar-refractivity contribution in [1.29, 1.82) is 0 Å². The highest BCUT2D eigenvalue weighted by Crippen LogP contribution is 2.44. The number of benzene rings is 2. The van der Waals surface area contributed by atoms with Crippen LogP contribution < -0.4 is 5.32 Å². The van der Waals surface area contributed by atoms with E-state index in [1.165, 1.54) is 6.92 Å². The van der Waals surface area contributed by atoms with Gasteiger partial charge < -0.3 is 9.84 Å². The summed E-state index contributed by atoms with van der Waals surface area (Å²) < 4.78 is 5.28. The molecule has 0 aliphatic heterocycles. The topological polar surface area (TPSA) is 75.6 Å². The molecule has 0 fully saturated rings. The molecule has 0 unspecified atom stereocenters. The number of fused-ring (bicyclic) bond motifs is 3. The van der Waals surface area contributed by atoms with Gasteiger partial charge in [-0.05, 0) is 29.2 Å². The number of alkyl carbamates (subject to hydrolysis) is 1. The molecule has 1 amide bonds. The number of hydrogen-bond acceptors (Lipinski definition) is 3. The first-order valence-electron chi connectivity index (χ1n) is 7.80. The predicted molar refractivity (Wildman–Crippen MR) is 93.1 cm³/mol. The molecule has 0 spiro atoms. The highest BCUT2D eigenvalue weighted by Gasteiger charge is 2.34. The average Bonchev–Trinajstić information content (AvgIpc) is 2.94. The normalized spacial score (nSPS) is 14.6. The van der Waals surface area contributed by atoms with Gasteiger partial charge in [0.2, 0.25) is 0 Å². The minimum Gasteiger partial charge on any atom is -0.479 e. The lowest BCUT2D eigenvalue weighted by molar-refractivity contribution is -0.141. The Labute approximate surface area is 145 Å². The molecular formula is C20H17NO4. The molecule has 0 bridgehead atoms. The molecule has 126 valence electrons. The SMILES string of the molecule is C#C[C@](C)(NC(=O)OCC1c2ccccc2-c2ccccc21)C(=O)O. The largest absolute Gasteiger partial charge is 0.479 e. The van der Waals surface area contributed by atoms with E-state index in [1.54, 1.807) is 0 Å². The number of ether oxygens (including phenoxy) is 1. The molecule has 2 aromatic carbocycles. The Balaban J connectivity index is 1.77. The van der Waals surface area contributed by atoms with Crippen LogP contribution in [0, 0.1) is 12.3 Å². The minimum atomic E-state index is -1.80. The Morgan fingerprint density at radius 2 is 1.68 bits per heavy atom. The quantitative estimate of drug-likeness (QED) is 0.842. The first-order valence-corrected chi connectivity index (χ1v) is 7.80. The van der Waals surface area contributed by atoms with Crippen molar-refractivity contribution in [3.63, 3.8) is 0 Å². The number of carboxylic acid groups (broad SMARTS) is 1. The van der Waals surface area contributed by atoms with Gasteiger partial charge in [-0.25, -0.2) is 9.59 Å². The Kier molecular flexibility index (Phi) is 4.20. The molecule has 1 aliphatic carbocycles. The van der Waals surface area contributed by atoms with Crippen LogP contribution in [0.15, 0.2) is 48.5 Å². The summed E-state index contributed by atoms with van der Waals surface area (Å²) in [7, 11) is 0. The summed E-state index contributed by atoms with van der Waals surface area (Å²) in [6.07, 6.45) is 4.34. The molecule has 5 nitrogen and oxygen atoms in total. The van der Waals surface area contributed by atoms with E-state index in [0.29, 0.717) is 0 Å². The standard InChI is InChI=1S/C20H17NO4/c1-3-20(2,18(22)23)21-19(24)25-12-17-15-10-6-4-8-13(15)14-9-5-7-11-16(14)17/h1,4-11,17H,12H2,2H3,(H,21,24)(H,22,23)/t20-/m0/s1. The molecule has 5 heteroatoms. The van der Waals surface area contributed by atoms with Gasteiger partial charge >= 0.3 is 12.1 Å². The summed E-state index contributed by atoms with van der Waals surface area (Å²) in [5, 5.41) is 11.3. The number of carbonyl (C=O) groups excluding carboxylic acids is 1. The fourth-order valence-electron chi connectivity index (χ4n) is 2.99. The number of nitrogens with one attached hydrogen (secondary N) is 1. The number of rotatable bonds is 4. The monoisotopic (exact) mass is 335 g/mol. The second kappa shape index (κ2) is 6.33. The fourth-order valence-corrected chi connectivity index (χ4v) is 2.99. The predicted octanol–water partition coefficient (Wildman–Crippen LogP) is 3.00. The number of carboxylic acids is 1. The van der Waals surface area contributed by atoms with Crippen molar-refractivity contribution >= 4 is 12.1 Å². The van der Waals surface area contributed by atoms with Crippen LogP contribution in [0.4, 0.5) is 4.79 Å². The maximum Gasteiger partial charge on any atom is 0.408 e. The molecule has 2 aromatic rings. The Bertz CT molecular complexity index is 838. The Morgan fingerprint density at radius 3 is 2.16 bits per heavy atom. The molecule has 0 radical (unpaired) electrons. The van der Waals surface area contributed by atoms with Crippen LogP contribution >= 0.6 is 0 Å². The van der Waals surface area contributed by atoms with Gasteiger partial charge in [0.15, 0.2) is 5.54 Å². The van der Waals surface area contributed by atoms with E-state index in [1.807, 2.05) is 48.5 Å². The van der Waals surface area contributed by atoms with Crippen molar-refractivity contribution in [2.24, 2.45) is 0 Å². The summed E-state index contributed by atoms with van der Waals surface area (Å²) in [5.41, 5.74) is 2.59. The zero-order valence-corrected chi connectivity index (χ0v) is 13.7. The van der Waals surface area contributed by atoms with Gasteiger partial charge in [-0.2, -0.15) is 0 Å². The molecular weight excluding hydrogens is 318 g/mol. The third-order valence-electron chi connectivity index (χ3n) is 4.41. The lowest BCUT2D eigenvalue weighted by Gasteiger charge is -2.21. The van der Waals surface area contributed by atoms with Crippen molar-refractivity contribution in [2.75, 3.05) is 6.61 Å². The van der Waals surface area contributed by atoms with Gasteiger partial charge in [-0.3, -0.25) is 5.32 Å². The van der Waals surface area contributed by atoms with Gasteiger partial charge in [0.25, 0.3) is 0 Å². The highest BCUT2D eigenvalue weighted by molar-refractivity contribution is 5.87. The van der Waals surface area contributed by atoms with Crippen molar-refractivity contribution < 1.29 is 19.4 Å². The second-order valence-corrected chi connectivity index (χ2v) is 6.03. The van der Waals surface area contributed by atoms with E-state index >= 15 is 0 Å². The van der Waals surface area contributed by atoms with Gasteiger partial charge in [-0.1, -0.05) is 54.5 Å². The number of amides is 1. The summed E-state index contributed by atoms with van der Waals surface area (Å²) in [6.45, 7) is 1.33. The number of hydrogen-bond donors (Lipinski definition) is 2. The van der Waals surface area contributed by atoms with Crippen molar-refractivity contribution in [3.05, 3.63) is 59.7 Å². The Hall–Kier alpha value is -3.26. The average molecular weight is 335 g/mol. The van der Waals surface area contributed by atoms with Crippen LogP contribution in [0.2, 0.25) is 0 Å². The molecule has 0 saturated heterocycles. The van der Waals surface area contributed by atoms with Crippen LogP contribution in [0.1, 0.15) is 24.0 Å². The Morgan fingerprint density at radius 1 is 1.16 bits per heavy atom. The van der Waals surface area contributed by atoms with Crippen LogP contribution in [0.25, 0.3) is 11.1 Å². The summed E-state index contributed by atoms with van der Waals surface area (Å²) in [6, 6.07) is 15.9. The lowest BCUT2D eigenvalue weighted by atomic mass is 9.98. The van der Waals surface area contributed by atoms with E-state index in [-0.39, 0.29) is 12.5 Å². The maximum absolute atomic E-state index is 12.0. The summed E-state index contributed by atoms with van der Waals surface area (Å²) in [5.74, 6) is 0.643. The van der Waals surface area contributed by atoms with E-state index in [4.69, 9.17) is 16.3 Å².